The van der Waals surface area contributed by atoms with Crippen LogP contribution in [0.3, 0.4) is 0 Å². The molecule has 1 aromatic heterocycles. The van der Waals surface area contributed by atoms with E-state index in [9.17, 15) is 14.4 Å². The van der Waals surface area contributed by atoms with Gasteiger partial charge < -0.3 is 19.4 Å². The summed E-state index contributed by atoms with van der Waals surface area (Å²) in [5, 5.41) is 2.85. The Kier molecular flexibility index (Phi) is 4.55. The van der Waals surface area contributed by atoms with Gasteiger partial charge in [0.1, 0.15) is 6.04 Å². The summed E-state index contributed by atoms with van der Waals surface area (Å²) in [7, 11) is 0. The average Bonchev–Trinajstić information content (AvgIpc) is 3.19. The SMILES string of the molecule is O=C(Nc1ccc(N2C(=O)C3COCCN3C2=O)c(Cl)c1)c1ccc(Cl)o1. The first-order valence-electron chi connectivity index (χ1n) is 8.04. The largest absolute Gasteiger partial charge is 0.440 e. The van der Waals surface area contributed by atoms with Crippen molar-refractivity contribution in [3.63, 3.8) is 0 Å². The number of nitrogens with zero attached hydrogens (tertiary/aromatic N) is 2. The Bertz CT molecular complexity index is 920. The molecule has 2 saturated heterocycles. The molecule has 0 saturated carbocycles. The number of ether oxygens (including phenoxy) is 1. The molecule has 2 aromatic rings. The second kappa shape index (κ2) is 6.88. The number of carbonyl (C=O) groups is 3. The Morgan fingerprint density at radius 2 is 2.00 bits per heavy atom. The standard InChI is InChI=1S/C17H13Cl2N3O5/c18-10-7-9(20-15(23)13-3-4-14(19)27-13)1-2-11(10)22-16(24)12-8-26-6-5-21(12)17(22)25/h1-4,7,12H,5-6,8H2,(H,20,23). The number of rotatable bonds is 3. The minimum atomic E-state index is -0.634. The van der Waals surface area contributed by atoms with E-state index in [1.165, 1.54) is 35.2 Å². The second-order valence-electron chi connectivity index (χ2n) is 5.96. The summed E-state index contributed by atoms with van der Waals surface area (Å²) in [6.45, 7) is 0.903. The van der Waals surface area contributed by atoms with Gasteiger partial charge in [0.05, 0.1) is 23.9 Å². The number of anilines is 2. The fourth-order valence-electron chi connectivity index (χ4n) is 3.03. The van der Waals surface area contributed by atoms with E-state index in [1.807, 2.05) is 0 Å². The van der Waals surface area contributed by atoms with Crippen molar-refractivity contribution in [1.82, 2.24) is 4.90 Å². The van der Waals surface area contributed by atoms with E-state index in [4.69, 9.17) is 32.4 Å². The number of benzene rings is 1. The zero-order chi connectivity index (χ0) is 19.1. The molecule has 2 fully saturated rings. The first kappa shape index (κ1) is 17.8. The number of nitrogens with one attached hydrogen (secondary N) is 1. The van der Waals surface area contributed by atoms with E-state index in [0.29, 0.717) is 18.8 Å². The quantitative estimate of drug-likeness (QED) is 0.786. The highest BCUT2D eigenvalue weighted by atomic mass is 35.5. The van der Waals surface area contributed by atoms with Gasteiger partial charge in [0.2, 0.25) is 0 Å². The Hall–Kier alpha value is -2.55. The maximum absolute atomic E-state index is 12.6. The van der Waals surface area contributed by atoms with E-state index in [1.54, 1.807) is 0 Å². The van der Waals surface area contributed by atoms with Crippen molar-refractivity contribution in [2.24, 2.45) is 0 Å². The van der Waals surface area contributed by atoms with Crippen molar-refractivity contribution in [3.05, 3.63) is 46.3 Å². The van der Waals surface area contributed by atoms with Gasteiger partial charge in [-0.2, -0.15) is 0 Å². The first-order valence-corrected chi connectivity index (χ1v) is 8.80. The zero-order valence-electron chi connectivity index (χ0n) is 13.8. The summed E-state index contributed by atoms with van der Waals surface area (Å²) in [6, 6.07) is 6.32. The van der Waals surface area contributed by atoms with E-state index in [0.717, 1.165) is 4.90 Å². The number of imide groups is 1. The van der Waals surface area contributed by atoms with Crippen molar-refractivity contribution in [3.8, 4) is 0 Å². The Morgan fingerprint density at radius 1 is 1.19 bits per heavy atom. The number of hydrogen-bond acceptors (Lipinski definition) is 5. The molecule has 2 aliphatic heterocycles. The van der Waals surface area contributed by atoms with E-state index < -0.39 is 18.0 Å². The number of furan rings is 1. The smallest absolute Gasteiger partial charge is 0.332 e. The molecule has 3 heterocycles. The Morgan fingerprint density at radius 3 is 2.67 bits per heavy atom. The van der Waals surface area contributed by atoms with Crippen LogP contribution in [-0.4, -0.2) is 48.5 Å². The van der Waals surface area contributed by atoms with Crippen LogP contribution in [0.25, 0.3) is 0 Å². The van der Waals surface area contributed by atoms with E-state index in [-0.39, 0.29) is 34.2 Å². The molecule has 140 valence electrons. The summed E-state index contributed by atoms with van der Waals surface area (Å²) >= 11 is 11.9. The monoisotopic (exact) mass is 409 g/mol. The normalized spacial score (nSPS) is 19.4. The maximum Gasteiger partial charge on any atom is 0.332 e. The second-order valence-corrected chi connectivity index (χ2v) is 6.74. The van der Waals surface area contributed by atoms with Crippen LogP contribution in [0.15, 0.2) is 34.7 Å². The van der Waals surface area contributed by atoms with Gasteiger partial charge in [-0.1, -0.05) is 11.6 Å². The molecule has 8 nitrogen and oxygen atoms in total. The van der Waals surface area contributed by atoms with Crippen molar-refractivity contribution in [2.75, 3.05) is 30.0 Å². The number of amides is 4. The lowest BCUT2D eigenvalue weighted by Gasteiger charge is -2.26. The van der Waals surface area contributed by atoms with Crippen molar-refractivity contribution in [1.29, 1.82) is 0 Å². The van der Waals surface area contributed by atoms with Gasteiger partial charge in [0.15, 0.2) is 11.0 Å². The molecule has 0 spiro atoms. The molecule has 27 heavy (non-hydrogen) atoms. The fraction of sp³-hybridized carbons (Fsp3) is 0.235. The minimum absolute atomic E-state index is 0.0435. The van der Waals surface area contributed by atoms with Crippen LogP contribution < -0.4 is 10.2 Å². The van der Waals surface area contributed by atoms with Gasteiger partial charge in [-0.15, -0.1) is 0 Å². The molecule has 2 aliphatic rings. The molecule has 0 aliphatic carbocycles. The molecule has 0 radical (unpaired) electrons. The summed E-state index contributed by atoms with van der Waals surface area (Å²) in [4.78, 5) is 39.8. The third-order valence-electron chi connectivity index (χ3n) is 4.31. The van der Waals surface area contributed by atoms with Gasteiger partial charge in [-0.3, -0.25) is 9.59 Å². The molecule has 1 N–H and O–H groups in total. The Labute approximate surface area is 163 Å². The van der Waals surface area contributed by atoms with Crippen LogP contribution in [0, 0.1) is 0 Å². The molecule has 1 atom stereocenters. The number of hydrogen-bond donors (Lipinski definition) is 1. The van der Waals surface area contributed by atoms with Crippen molar-refractivity contribution < 1.29 is 23.5 Å². The highest BCUT2D eigenvalue weighted by Crippen LogP contribution is 2.34. The number of fused-ring (bicyclic) bond motifs is 1. The number of halogens is 2. The van der Waals surface area contributed by atoms with Crippen LogP contribution in [0.4, 0.5) is 16.2 Å². The van der Waals surface area contributed by atoms with Gasteiger partial charge >= 0.3 is 6.03 Å². The molecule has 4 amide bonds. The summed E-state index contributed by atoms with van der Waals surface area (Å²) in [5.74, 6) is -0.848. The van der Waals surface area contributed by atoms with E-state index >= 15 is 0 Å². The van der Waals surface area contributed by atoms with Gasteiger partial charge in [-0.05, 0) is 41.9 Å². The van der Waals surface area contributed by atoms with Crippen LogP contribution in [0.5, 0.6) is 0 Å². The lowest BCUT2D eigenvalue weighted by Crippen LogP contribution is -2.45. The molecule has 4 rings (SSSR count). The van der Waals surface area contributed by atoms with Crippen molar-refractivity contribution in [2.45, 2.75) is 6.04 Å². The Balaban J connectivity index is 1.56. The topological polar surface area (TPSA) is 92.1 Å². The molecule has 1 aromatic carbocycles. The molecule has 0 bridgehead atoms. The van der Waals surface area contributed by atoms with Crippen molar-refractivity contribution >= 4 is 52.4 Å². The zero-order valence-corrected chi connectivity index (χ0v) is 15.3. The minimum Gasteiger partial charge on any atom is -0.440 e. The predicted molar refractivity (Wildman–Crippen MR) is 97.3 cm³/mol. The molecular weight excluding hydrogens is 397 g/mol. The number of carbonyl (C=O) groups excluding carboxylic acids is 3. The fourth-order valence-corrected chi connectivity index (χ4v) is 3.44. The van der Waals surface area contributed by atoms with Crippen LogP contribution >= 0.6 is 23.2 Å². The van der Waals surface area contributed by atoms with Crippen LogP contribution in [0.1, 0.15) is 10.6 Å². The van der Waals surface area contributed by atoms with Gasteiger partial charge in [0.25, 0.3) is 11.8 Å². The van der Waals surface area contributed by atoms with Gasteiger partial charge in [0, 0.05) is 12.2 Å². The average molecular weight is 410 g/mol. The maximum atomic E-state index is 12.6. The molecule has 10 heteroatoms. The lowest BCUT2D eigenvalue weighted by molar-refractivity contribution is -0.123. The number of morpholine rings is 1. The first-order chi connectivity index (χ1) is 13.0. The van der Waals surface area contributed by atoms with Crippen LogP contribution in [0.2, 0.25) is 10.2 Å². The summed E-state index contributed by atoms with van der Waals surface area (Å²) < 4.78 is 10.3. The highest BCUT2D eigenvalue weighted by Gasteiger charge is 2.47. The predicted octanol–water partition coefficient (Wildman–Crippen LogP) is 3.01. The third kappa shape index (κ3) is 3.16. The summed E-state index contributed by atoms with van der Waals surface area (Å²) in [5.41, 5.74) is 0.626. The van der Waals surface area contributed by atoms with E-state index in [2.05, 4.69) is 5.32 Å². The van der Waals surface area contributed by atoms with Crippen LogP contribution in [-0.2, 0) is 9.53 Å². The molecular formula is C17H13Cl2N3O5. The lowest BCUT2D eigenvalue weighted by atomic mass is 10.2. The third-order valence-corrected chi connectivity index (χ3v) is 4.82. The number of urea groups is 1. The summed E-state index contributed by atoms with van der Waals surface area (Å²) in [6.07, 6.45) is 0. The molecule has 1 unspecified atom stereocenters. The van der Waals surface area contributed by atoms with Gasteiger partial charge in [-0.25, -0.2) is 9.69 Å². The highest BCUT2D eigenvalue weighted by molar-refractivity contribution is 6.36.